The summed E-state index contributed by atoms with van der Waals surface area (Å²) in [5.41, 5.74) is 10.9. The standard InChI is InChI=1S/C30H40N4O/c1-30(2,3)22-13-17-25(18-14-22)34-29(35)33(24-19-15-23(31)16-20-24)27-12-8-7-11-26(27)28(32-34)21-9-5-4-6-10-21/h7-8,11-12,15-16,19-22,25H,4-6,9-10,13-14,17-18,31H2,1-3H3/t22-,25+. The average molecular weight is 473 g/mol. The highest BCUT2D eigenvalue weighted by molar-refractivity contribution is 6.13. The zero-order valence-corrected chi connectivity index (χ0v) is 21.5. The lowest BCUT2D eigenvalue weighted by atomic mass is 9.71. The second-order valence-corrected chi connectivity index (χ2v) is 11.8. The zero-order chi connectivity index (χ0) is 24.6. The molecule has 0 atom stereocenters. The maximum Gasteiger partial charge on any atom is 0.349 e. The van der Waals surface area contributed by atoms with Gasteiger partial charge in [0, 0.05) is 17.2 Å². The van der Waals surface area contributed by atoms with Gasteiger partial charge in [0.05, 0.1) is 23.1 Å². The molecule has 35 heavy (non-hydrogen) atoms. The molecular weight excluding hydrogens is 432 g/mol. The Morgan fingerprint density at radius 3 is 2.17 bits per heavy atom. The van der Waals surface area contributed by atoms with Gasteiger partial charge in [-0.15, -0.1) is 0 Å². The van der Waals surface area contributed by atoms with Crippen LogP contribution in [0.4, 0.5) is 21.9 Å². The van der Waals surface area contributed by atoms with Crippen LogP contribution in [0.2, 0.25) is 0 Å². The minimum Gasteiger partial charge on any atom is -0.399 e. The van der Waals surface area contributed by atoms with Crippen LogP contribution >= 0.6 is 0 Å². The van der Waals surface area contributed by atoms with Crippen molar-refractivity contribution in [2.45, 2.75) is 84.6 Å². The largest absolute Gasteiger partial charge is 0.399 e. The minimum atomic E-state index is -0.0489. The van der Waals surface area contributed by atoms with Crippen LogP contribution in [0.25, 0.3) is 0 Å². The molecular formula is C30H40N4O. The van der Waals surface area contributed by atoms with Gasteiger partial charge in [-0.2, -0.15) is 5.10 Å². The lowest BCUT2D eigenvalue weighted by Crippen LogP contribution is -2.45. The number of nitrogen functional groups attached to an aromatic ring is 1. The summed E-state index contributed by atoms with van der Waals surface area (Å²) in [6, 6.07) is 16.1. The SMILES string of the molecule is CC(C)(C)[C@H]1CC[C@@H](N2N=C(C3CCCCC3)c3ccccc3N(c3ccc(N)cc3)C2=O)CC1. The molecule has 0 unspecified atom stereocenters. The van der Waals surface area contributed by atoms with Gasteiger partial charge in [-0.1, -0.05) is 58.2 Å². The van der Waals surface area contributed by atoms with Crippen molar-refractivity contribution in [1.29, 1.82) is 0 Å². The topological polar surface area (TPSA) is 61.9 Å². The van der Waals surface area contributed by atoms with Crippen LogP contribution in [0.1, 0.15) is 84.1 Å². The third-order valence-electron chi connectivity index (χ3n) is 8.43. The summed E-state index contributed by atoms with van der Waals surface area (Å²) in [6.45, 7) is 7.02. The second-order valence-electron chi connectivity index (χ2n) is 11.8. The van der Waals surface area contributed by atoms with E-state index in [4.69, 9.17) is 10.8 Å². The van der Waals surface area contributed by atoms with E-state index in [0.29, 0.717) is 22.9 Å². The maximum absolute atomic E-state index is 14.3. The fraction of sp³-hybridized carbons (Fsp3) is 0.533. The van der Waals surface area contributed by atoms with Crippen LogP contribution in [-0.2, 0) is 0 Å². The van der Waals surface area contributed by atoms with Gasteiger partial charge in [0.25, 0.3) is 0 Å². The summed E-state index contributed by atoms with van der Waals surface area (Å²) < 4.78 is 0. The predicted molar refractivity (Wildman–Crippen MR) is 145 cm³/mol. The number of anilines is 3. The number of amides is 2. The first-order valence-electron chi connectivity index (χ1n) is 13.5. The molecule has 5 nitrogen and oxygen atoms in total. The van der Waals surface area contributed by atoms with Gasteiger partial charge < -0.3 is 5.73 Å². The quantitative estimate of drug-likeness (QED) is 0.465. The average Bonchev–Trinajstić information content (AvgIpc) is 2.99. The van der Waals surface area contributed by atoms with Gasteiger partial charge in [-0.05, 0) is 80.2 Å². The molecule has 1 aliphatic heterocycles. The maximum atomic E-state index is 14.3. The van der Waals surface area contributed by atoms with Gasteiger partial charge in [0.15, 0.2) is 0 Å². The third-order valence-corrected chi connectivity index (χ3v) is 8.43. The van der Waals surface area contributed by atoms with Crippen LogP contribution in [0, 0.1) is 17.3 Å². The van der Waals surface area contributed by atoms with Gasteiger partial charge in [-0.25, -0.2) is 9.80 Å². The molecule has 2 amide bonds. The molecule has 5 heteroatoms. The first-order chi connectivity index (χ1) is 16.8. The van der Waals surface area contributed by atoms with Crippen LogP contribution in [0.15, 0.2) is 53.6 Å². The Labute approximate surface area is 210 Å². The molecule has 2 aliphatic carbocycles. The van der Waals surface area contributed by atoms with Crippen LogP contribution in [0.3, 0.4) is 0 Å². The minimum absolute atomic E-state index is 0.0489. The number of para-hydroxylation sites is 1. The summed E-state index contributed by atoms with van der Waals surface area (Å²) in [4.78, 5) is 16.2. The zero-order valence-electron chi connectivity index (χ0n) is 21.5. The Kier molecular flexibility index (Phi) is 6.61. The lowest BCUT2D eigenvalue weighted by molar-refractivity contribution is 0.113. The van der Waals surface area contributed by atoms with Gasteiger partial charge in [0.1, 0.15) is 0 Å². The molecule has 2 saturated carbocycles. The Hall–Kier alpha value is -2.82. The van der Waals surface area contributed by atoms with Crippen molar-refractivity contribution in [3.8, 4) is 0 Å². The second kappa shape index (κ2) is 9.67. The summed E-state index contributed by atoms with van der Waals surface area (Å²) in [5.74, 6) is 1.09. The number of rotatable bonds is 3. The number of fused-ring (bicyclic) bond motifs is 1. The Bertz CT molecular complexity index is 1070. The van der Waals surface area contributed by atoms with Crippen LogP contribution in [-0.4, -0.2) is 22.8 Å². The highest BCUT2D eigenvalue weighted by Gasteiger charge is 2.39. The van der Waals surface area contributed by atoms with Crippen molar-refractivity contribution in [3.05, 3.63) is 54.1 Å². The van der Waals surface area contributed by atoms with E-state index in [9.17, 15) is 4.79 Å². The molecule has 186 valence electrons. The molecule has 2 N–H and O–H groups in total. The van der Waals surface area contributed by atoms with E-state index in [1.54, 1.807) is 0 Å². The van der Waals surface area contributed by atoms with E-state index in [2.05, 4.69) is 39.0 Å². The molecule has 0 radical (unpaired) electrons. The number of nitrogens with two attached hydrogens (primary N) is 1. The normalized spacial score (nSPS) is 24.1. The van der Waals surface area contributed by atoms with Crippen LogP contribution < -0.4 is 10.6 Å². The fourth-order valence-electron chi connectivity index (χ4n) is 6.28. The van der Waals surface area contributed by atoms with Crippen molar-refractivity contribution in [2.75, 3.05) is 10.6 Å². The number of hydrogen-bond donors (Lipinski definition) is 1. The summed E-state index contributed by atoms with van der Waals surface area (Å²) in [6.07, 6.45) is 10.3. The van der Waals surface area contributed by atoms with E-state index < -0.39 is 0 Å². The molecule has 0 aromatic heterocycles. The molecule has 0 spiro atoms. The number of urea groups is 1. The molecule has 1 heterocycles. The van der Waals surface area contributed by atoms with E-state index in [-0.39, 0.29) is 12.1 Å². The van der Waals surface area contributed by atoms with E-state index >= 15 is 0 Å². The molecule has 3 aliphatic rings. The number of hydrogen-bond acceptors (Lipinski definition) is 3. The molecule has 0 bridgehead atoms. The number of nitrogens with zero attached hydrogens (tertiary/aromatic N) is 3. The molecule has 2 aromatic rings. The van der Waals surface area contributed by atoms with Crippen molar-refractivity contribution in [3.63, 3.8) is 0 Å². The first kappa shape index (κ1) is 23.9. The summed E-state index contributed by atoms with van der Waals surface area (Å²) in [7, 11) is 0. The molecule has 2 aromatic carbocycles. The number of benzene rings is 2. The van der Waals surface area contributed by atoms with Crippen molar-refractivity contribution < 1.29 is 4.79 Å². The Balaban J connectivity index is 1.58. The number of carbonyl (C=O) groups excluding carboxylic acids is 1. The Morgan fingerprint density at radius 1 is 0.857 bits per heavy atom. The third kappa shape index (κ3) is 4.82. The van der Waals surface area contributed by atoms with E-state index in [1.165, 1.54) is 19.3 Å². The van der Waals surface area contributed by atoms with Crippen molar-refractivity contribution >= 4 is 28.8 Å². The van der Waals surface area contributed by atoms with Crippen molar-refractivity contribution in [1.82, 2.24) is 5.01 Å². The van der Waals surface area contributed by atoms with Crippen molar-refractivity contribution in [2.24, 2.45) is 22.4 Å². The molecule has 5 rings (SSSR count). The highest BCUT2D eigenvalue weighted by atomic mass is 16.2. The molecule has 2 fully saturated rings. The number of carbonyl (C=O) groups is 1. The summed E-state index contributed by atoms with van der Waals surface area (Å²) in [5, 5.41) is 7.12. The van der Waals surface area contributed by atoms with Crippen LogP contribution in [0.5, 0.6) is 0 Å². The monoisotopic (exact) mass is 472 g/mol. The van der Waals surface area contributed by atoms with Gasteiger partial charge in [0.2, 0.25) is 0 Å². The highest BCUT2D eigenvalue weighted by Crippen LogP contribution is 2.42. The first-order valence-corrected chi connectivity index (χ1v) is 13.5. The summed E-state index contributed by atoms with van der Waals surface area (Å²) >= 11 is 0. The fourth-order valence-corrected chi connectivity index (χ4v) is 6.28. The van der Waals surface area contributed by atoms with E-state index in [0.717, 1.165) is 61.2 Å². The number of hydrazone groups is 1. The Morgan fingerprint density at radius 2 is 1.51 bits per heavy atom. The smallest absolute Gasteiger partial charge is 0.349 e. The lowest BCUT2D eigenvalue weighted by Gasteiger charge is -2.40. The molecule has 0 saturated heterocycles. The van der Waals surface area contributed by atoms with E-state index in [1.807, 2.05) is 40.2 Å². The van der Waals surface area contributed by atoms with Gasteiger partial charge >= 0.3 is 6.03 Å². The van der Waals surface area contributed by atoms with Gasteiger partial charge in [-0.3, -0.25) is 4.90 Å². The predicted octanol–water partition coefficient (Wildman–Crippen LogP) is 7.73.